The van der Waals surface area contributed by atoms with Gasteiger partial charge < -0.3 is 15.5 Å². The van der Waals surface area contributed by atoms with Crippen LogP contribution in [0.4, 0.5) is 0 Å². The average Bonchev–Trinajstić information content (AvgIpc) is 2.23. The SMILES string of the molecule is OC1CC(NCC(O)c2ccc(Cl)cc2)C1. The summed E-state index contributed by atoms with van der Waals surface area (Å²) < 4.78 is 0. The Labute approximate surface area is 100 Å². The Morgan fingerprint density at radius 2 is 1.94 bits per heavy atom. The van der Waals surface area contributed by atoms with E-state index in [9.17, 15) is 5.11 Å². The fraction of sp³-hybridized carbons (Fsp3) is 0.500. The molecule has 1 aliphatic carbocycles. The number of rotatable bonds is 4. The van der Waals surface area contributed by atoms with Crippen molar-refractivity contribution < 1.29 is 10.2 Å². The van der Waals surface area contributed by atoms with E-state index >= 15 is 0 Å². The van der Waals surface area contributed by atoms with Crippen LogP contribution in [0.3, 0.4) is 0 Å². The van der Waals surface area contributed by atoms with Gasteiger partial charge in [0.15, 0.2) is 0 Å². The Hall–Kier alpha value is -0.610. The van der Waals surface area contributed by atoms with Crippen molar-refractivity contribution in [2.24, 2.45) is 0 Å². The van der Waals surface area contributed by atoms with Gasteiger partial charge in [-0.1, -0.05) is 23.7 Å². The molecule has 0 spiro atoms. The summed E-state index contributed by atoms with van der Waals surface area (Å²) in [6.07, 6.45) is 0.890. The highest BCUT2D eigenvalue weighted by atomic mass is 35.5. The van der Waals surface area contributed by atoms with Gasteiger partial charge in [0.2, 0.25) is 0 Å². The number of aliphatic hydroxyl groups excluding tert-OH is 2. The predicted octanol–water partition coefficient (Wildman–Crippen LogP) is 1.49. The molecule has 3 nitrogen and oxygen atoms in total. The maximum atomic E-state index is 9.88. The first-order valence-corrected chi connectivity index (χ1v) is 5.88. The first-order chi connectivity index (χ1) is 7.65. The van der Waals surface area contributed by atoms with Gasteiger partial charge in [0.1, 0.15) is 0 Å². The highest BCUT2D eigenvalue weighted by molar-refractivity contribution is 6.30. The molecule has 16 heavy (non-hydrogen) atoms. The average molecular weight is 242 g/mol. The van der Waals surface area contributed by atoms with Crippen molar-refractivity contribution in [3.8, 4) is 0 Å². The third-order valence-electron chi connectivity index (χ3n) is 2.97. The zero-order chi connectivity index (χ0) is 11.5. The van der Waals surface area contributed by atoms with Crippen molar-refractivity contribution >= 4 is 11.6 Å². The van der Waals surface area contributed by atoms with E-state index in [0.717, 1.165) is 18.4 Å². The van der Waals surface area contributed by atoms with Gasteiger partial charge in [-0.2, -0.15) is 0 Å². The van der Waals surface area contributed by atoms with Crippen molar-refractivity contribution in [3.05, 3.63) is 34.9 Å². The lowest BCUT2D eigenvalue weighted by Gasteiger charge is -2.32. The minimum Gasteiger partial charge on any atom is -0.393 e. The van der Waals surface area contributed by atoms with Gasteiger partial charge in [-0.3, -0.25) is 0 Å². The van der Waals surface area contributed by atoms with E-state index in [1.54, 1.807) is 12.1 Å². The van der Waals surface area contributed by atoms with Gasteiger partial charge in [0.05, 0.1) is 12.2 Å². The molecule has 1 aromatic carbocycles. The summed E-state index contributed by atoms with van der Waals surface area (Å²) in [5.41, 5.74) is 0.858. The van der Waals surface area contributed by atoms with Crippen LogP contribution >= 0.6 is 11.6 Å². The second kappa shape index (κ2) is 5.15. The molecule has 0 bridgehead atoms. The van der Waals surface area contributed by atoms with E-state index in [1.807, 2.05) is 12.1 Å². The Balaban J connectivity index is 1.79. The molecule has 0 aromatic heterocycles. The van der Waals surface area contributed by atoms with E-state index in [0.29, 0.717) is 17.6 Å². The summed E-state index contributed by atoms with van der Waals surface area (Å²) in [5, 5.41) is 22.9. The highest BCUT2D eigenvalue weighted by Crippen LogP contribution is 2.21. The molecule has 0 radical (unpaired) electrons. The minimum atomic E-state index is -0.519. The summed E-state index contributed by atoms with van der Waals surface area (Å²) in [4.78, 5) is 0. The molecular formula is C12H16ClNO2. The summed E-state index contributed by atoms with van der Waals surface area (Å²) in [7, 11) is 0. The predicted molar refractivity (Wildman–Crippen MR) is 63.4 cm³/mol. The normalized spacial score (nSPS) is 26.2. The van der Waals surface area contributed by atoms with Crippen molar-refractivity contribution in [1.29, 1.82) is 0 Å². The van der Waals surface area contributed by atoms with Gasteiger partial charge in [0.25, 0.3) is 0 Å². The second-order valence-electron chi connectivity index (χ2n) is 4.30. The van der Waals surface area contributed by atoms with Gasteiger partial charge in [-0.25, -0.2) is 0 Å². The van der Waals surface area contributed by atoms with E-state index < -0.39 is 6.10 Å². The first-order valence-electron chi connectivity index (χ1n) is 5.50. The molecule has 4 heteroatoms. The Morgan fingerprint density at radius 1 is 1.31 bits per heavy atom. The maximum absolute atomic E-state index is 9.88. The smallest absolute Gasteiger partial charge is 0.0914 e. The molecule has 3 N–H and O–H groups in total. The third kappa shape index (κ3) is 2.95. The number of hydrogen-bond acceptors (Lipinski definition) is 3. The zero-order valence-corrected chi connectivity index (χ0v) is 9.69. The van der Waals surface area contributed by atoms with E-state index in [-0.39, 0.29) is 6.10 Å². The highest BCUT2D eigenvalue weighted by Gasteiger charge is 2.26. The fourth-order valence-corrected chi connectivity index (χ4v) is 1.96. The van der Waals surface area contributed by atoms with E-state index in [4.69, 9.17) is 16.7 Å². The number of hydrogen-bond donors (Lipinski definition) is 3. The standard InChI is InChI=1S/C12H16ClNO2/c13-9-3-1-8(2-4-9)12(16)7-14-10-5-11(15)6-10/h1-4,10-12,14-16H,5-7H2. The van der Waals surface area contributed by atoms with Crippen LogP contribution in [-0.4, -0.2) is 28.9 Å². The van der Waals surface area contributed by atoms with Crippen LogP contribution < -0.4 is 5.32 Å². The lowest BCUT2D eigenvalue weighted by molar-refractivity contribution is 0.0551. The molecule has 0 aliphatic heterocycles. The molecule has 1 atom stereocenters. The lowest BCUT2D eigenvalue weighted by atomic mass is 9.89. The summed E-state index contributed by atoms with van der Waals surface area (Å²) in [5.74, 6) is 0. The number of aliphatic hydroxyl groups is 2. The van der Waals surface area contributed by atoms with Crippen LogP contribution in [0.15, 0.2) is 24.3 Å². The van der Waals surface area contributed by atoms with Gasteiger partial charge in [-0.15, -0.1) is 0 Å². The molecule has 0 amide bonds. The molecule has 1 aromatic rings. The first kappa shape index (κ1) is 11.9. The largest absolute Gasteiger partial charge is 0.393 e. The lowest BCUT2D eigenvalue weighted by Crippen LogP contribution is -2.45. The van der Waals surface area contributed by atoms with Crippen LogP contribution in [0, 0.1) is 0 Å². The minimum absolute atomic E-state index is 0.162. The van der Waals surface area contributed by atoms with Crippen molar-refractivity contribution in [2.75, 3.05) is 6.54 Å². The monoisotopic (exact) mass is 241 g/mol. The Kier molecular flexibility index (Phi) is 3.82. The fourth-order valence-electron chi connectivity index (χ4n) is 1.84. The number of nitrogens with one attached hydrogen (secondary N) is 1. The van der Waals surface area contributed by atoms with Crippen molar-refractivity contribution in [1.82, 2.24) is 5.32 Å². The summed E-state index contributed by atoms with van der Waals surface area (Å²) in [6, 6.07) is 7.53. The van der Waals surface area contributed by atoms with E-state index in [2.05, 4.69) is 5.32 Å². The third-order valence-corrected chi connectivity index (χ3v) is 3.22. The molecular weight excluding hydrogens is 226 g/mol. The number of halogens is 1. The van der Waals surface area contributed by atoms with Crippen LogP contribution in [-0.2, 0) is 0 Å². The second-order valence-corrected chi connectivity index (χ2v) is 4.73. The molecule has 1 fully saturated rings. The van der Waals surface area contributed by atoms with Crippen LogP contribution in [0.1, 0.15) is 24.5 Å². The summed E-state index contributed by atoms with van der Waals surface area (Å²) >= 11 is 5.77. The molecule has 88 valence electrons. The quantitative estimate of drug-likeness (QED) is 0.749. The molecule has 2 rings (SSSR count). The molecule has 1 unspecified atom stereocenters. The molecule has 1 saturated carbocycles. The molecule has 0 heterocycles. The van der Waals surface area contributed by atoms with Crippen LogP contribution in [0.2, 0.25) is 5.02 Å². The van der Waals surface area contributed by atoms with E-state index in [1.165, 1.54) is 0 Å². The van der Waals surface area contributed by atoms with Crippen molar-refractivity contribution in [2.45, 2.75) is 31.1 Å². The van der Waals surface area contributed by atoms with Crippen LogP contribution in [0.25, 0.3) is 0 Å². The van der Waals surface area contributed by atoms with Crippen LogP contribution in [0.5, 0.6) is 0 Å². The Morgan fingerprint density at radius 3 is 2.50 bits per heavy atom. The van der Waals surface area contributed by atoms with Gasteiger partial charge in [-0.05, 0) is 30.5 Å². The summed E-state index contributed by atoms with van der Waals surface area (Å²) in [6.45, 7) is 0.513. The molecule has 0 saturated heterocycles. The topological polar surface area (TPSA) is 52.5 Å². The molecule has 1 aliphatic rings. The maximum Gasteiger partial charge on any atom is 0.0914 e. The zero-order valence-electron chi connectivity index (χ0n) is 8.94. The van der Waals surface area contributed by atoms with Gasteiger partial charge >= 0.3 is 0 Å². The Bertz CT molecular complexity index is 335. The number of benzene rings is 1. The van der Waals surface area contributed by atoms with Gasteiger partial charge in [0, 0.05) is 17.6 Å². The van der Waals surface area contributed by atoms with Crippen molar-refractivity contribution in [3.63, 3.8) is 0 Å².